The molecule has 2 heterocycles. The van der Waals surface area contributed by atoms with E-state index in [0.29, 0.717) is 24.6 Å². The van der Waals surface area contributed by atoms with E-state index in [-0.39, 0.29) is 48.2 Å². The Hall–Kier alpha value is -3.46. The van der Waals surface area contributed by atoms with Gasteiger partial charge in [0, 0.05) is 24.8 Å². The Balaban J connectivity index is 1.47. The minimum atomic E-state index is -0.810. The highest BCUT2D eigenvalue weighted by Crippen LogP contribution is 2.34. The van der Waals surface area contributed by atoms with E-state index in [4.69, 9.17) is 14.2 Å². The first kappa shape index (κ1) is 22.7. The molecule has 174 valence electrons. The predicted molar refractivity (Wildman–Crippen MR) is 117 cm³/mol. The van der Waals surface area contributed by atoms with Gasteiger partial charge in [-0.1, -0.05) is 6.07 Å². The van der Waals surface area contributed by atoms with Crippen LogP contribution in [0.15, 0.2) is 42.5 Å². The number of fused-ring (bicyclic) bond motifs is 1. The number of rotatable bonds is 8. The molecule has 8 nitrogen and oxygen atoms in total. The summed E-state index contributed by atoms with van der Waals surface area (Å²) in [5, 5.41) is 2.84. The van der Waals surface area contributed by atoms with Crippen molar-refractivity contribution in [3.05, 3.63) is 53.8 Å². The first-order valence-electron chi connectivity index (χ1n) is 10.8. The van der Waals surface area contributed by atoms with E-state index >= 15 is 0 Å². The monoisotopic (exact) mass is 456 g/mol. The van der Waals surface area contributed by atoms with Crippen molar-refractivity contribution in [3.63, 3.8) is 0 Å². The number of anilines is 1. The number of ether oxygens (including phenoxy) is 3. The number of nitrogens with one attached hydrogen (secondary N) is 1. The van der Waals surface area contributed by atoms with E-state index in [2.05, 4.69) is 5.32 Å². The third kappa shape index (κ3) is 5.31. The molecule has 2 aromatic rings. The van der Waals surface area contributed by atoms with Gasteiger partial charge in [0.25, 0.3) is 5.91 Å². The molecule has 2 unspecified atom stereocenters. The topological polar surface area (TPSA) is 94.2 Å². The molecule has 1 fully saturated rings. The zero-order chi connectivity index (χ0) is 23.4. The molecule has 0 bridgehead atoms. The second kappa shape index (κ2) is 9.99. The SMILES string of the molecule is CC(C(=O)NCC1CCCO1)N1C(=O)COc2ccc(C(=O)COc3cccc(F)c3)cc21. The van der Waals surface area contributed by atoms with Gasteiger partial charge in [-0.3, -0.25) is 19.3 Å². The minimum Gasteiger partial charge on any atom is -0.485 e. The lowest BCUT2D eigenvalue weighted by atomic mass is 10.1. The summed E-state index contributed by atoms with van der Waals surface area (Å²) >= 11 is 0. The van der Waals surface area contributed by atoms with E-state index in [9.17, 15) is 18.8 Å². The van der Waals surface area contributed by atoms with Crippen LogP contribution in [0.4, 0.5) is 10.1 Å². The van der Waals surface area contributed by atoms with Gasteiger partial charge in [0.15, 0.2) is 19.0 Å². The number of hydrogen-bond donors (Lipinski definition) is 1. The highest BCUT2D eigenvalue weighted by molar-refractivity contribution is 6.05. The Morgan fingerprint density at radius 3 is 2.88 bits per heavy atom. The zero-order valence-corrected chi connectivity index (χ0v) is 18.2. The summed E-state index contributed by atoms with van der Waals surface area (Å²) in [7, 11) is 0. The molecule has 0 radical (unpaired) electrons. The lowest BCUT2D eigenvalue weighted by Gasteiger charge is -2.33. The average Bonchev–Trinajstić information content (AvgIpc) is 3.34. The first-order chi connectivity index (χ1) is 15.9. The number of nitrogens with zero attached hydrogens (tertiary/aromatic N) is 1. The molecule has 0 saturated carbocycles. The molecule has 2 atom stereocenters. The second-order valence-electron chi connectivity index (χ2n) is 7.96. The number of Topliss-reactive ketones (excluding diaryl/α,β-unsaturated/α-hetero) is 1. The predicted octanol–water partition coefficient (Wildman–Crippen LogP) is 2.50. The van der Waals surface area contributed by atoms with Crippen molar-refractivity contribution in [3.8, 4) is 11.5 Å². The van der Waals surface area contributed by atoms with Gasteiger partial charge in [0.05, 0.1) is 11.8 Å². The summed E-state index contributed by atoms with van der Waals surface area (Å²) in [6.07, 6.45) is 1.83. The molecule has 0 spiro atoms. The summed E-state index contributed by atoms with van der Waals surface area (Å²) < 4.78 is 29.7. The molecule has 9 heteroatoms. The average molecular weight is 456 g/mol. The number of carbonyl (C=O) groups excluding carboxylic acids is 3. The maximum absolute atomic E-state index is 13.3. The fraction of sp³-hybridized carbons (Fsp3) is 0.375. The Kier molecular flexibility index (Phi) is 6.88. The van der Waals surface area contributed by atoms with Crippen molar-refractivity contribution in [1.82, 2.24) is 5.32 Å². The minimum absolute atomic E-state index is 0.0175. The van der Waals surface area contributed by atoms with Crippen LogP contribution in [0.5, 0.6) is 11.5 Å². The van der Waals surface area contributed by atoms with Crippen molar-refractivity contribution in [2.75, 3.05) is 31.3 Å². The first-order valence-corrected chi connectivity index (χ1v) is 10.8. The van der Waals surface area contributed by atoms with Crippen LogP contribution in [0.1, 0.15) is 30.1 Å². The van der Waals surface area contributed by atoms with Gasteiger partial charge in [-0.25, -0.2) is 4.39 Å². The number of amides is 2. The number of benzene rings is 2. The molecule has 2 aliphatic heterocycles. The van der Waals surface area contributed by atoms with Gasteiger partial charge in [0.1, 0.15) is 23.4 Å². The Morgan fingerprint density at radius 2 is 2.12 bits per heavy atom. The van der Waals surface area contributed by atoms with Crippen molar-refractivity contribution in [2.45, 2.75) is 31.9 Å². The van der Waals surface area contributed by atoms with E-state index in [1.165, 1.54) is 29.2 Å². The highest BCUT2D eigenvalue weighted by Gasteiger charge is 2.34. The molecular formula is C24H25FN2O6. The van der Waals surface area contributed by atoms with E-state index in [0.717, 1.165) is 12.8 Å². The van der Waals surface area contributed by atoms with Crippen LogP contribution in [0.25, 0.3) is 0 Å². The van der Waals surface area contributed by atoms with Crippen LogP contribution in [0.2, 0.25) is 0 Å². The zero-order valence-electron chi connectivity index (χ0n) is 18.2. The van der Waals surface area contributed by atoms with Gasteiger partial charge < -0.3 is 19.5 Å². The maximum Gasteiger partial charge on any atom is 0.265 e. The summed E-state index contributed by atoms with van der Waals surface area (Å²) in [6.45, 7) is 2.18. The molecule has 33 heavy (non-hydrogen) atoms. The Labute approximate surface area is 190 Å². The Bertz CT molecular complexity index is 1050. The molecule has 1 N–H and O–H groups in total. The summed E-state index contributed by atoms with van der Waals surface area (Å²) in [4.78, 5) is 39.4. The third-order valence-corrected chi connectivity index (χ3v) is 5.62. The fourth-order valence-electron chi connectivity index (χ4n) is 3.84. The van der Waals surface area contributed by atoms with E-state index < -0.39 is 11.9 Å². The highest BCUT2D eigenvalue weighted by atomic mass is 19.1. The fourth-order valence-corrected chi connectivity index (χ4v) is 3.84. The molecule has 2 amide bonds. The molecule has 0 aromatic heterocycles. The van der Waals surface area contributed by atoms with Gasteiger partial charge >= 0.3 is 0 Å². The molecule has 2 aliphatic rings. The van der Waals surface area contributed by atoms with Crippen molar-refractivity contribution in [2.24, 2.45) is 0 Å². The smallest absolute Gasteiger partial charge is 0.265 e. The molecule has 2 aromatic carbocycles. The lowest BCUT2D eigenvalue weighted by molar-refractivity contribution is -0.127. The van der Waals surface area contributed by atoms with Crippen LogP contribution < -0.4 is 19.7 Å². The lowest BCUT2D eigenvalue weighted by Crippen LogP contribution is -2.52. The number of carbonyl (C=O) groups is 3. The van der Waals surface area contributed by atoms with Gasteiger partial charge in [-0.05, 0) is 50.1 Å². The summed E-state index contributed by atoms with van der Waals surface area (Å²) in [5.41, 5.74) is 0.614. The molecule has 0 aliphatic carbocycles. The summed E-state index contributed by atoms with van der Waals surface area (Å²) in [6, 6.07) is 9.35. The van der Waals surface area contributed by atoms with Crippen molar-refractivity contribution >= 4 is 23.3 Å². The Morgan fingerprint density at radius 1 is 1.27 bits per heavy atom. The van der Waals surface area contributed by atoms with Gasteiger partial charge in [-0.2, -0.15) is 0 Å². The van der Waals surface area contributed by atoms with Gasteiger partial charge in [0.2, 0.25) is 5.91 Å². The van der Waals surface area contributed by atoms with Crippen molar-refractivity contribution < 1.29 is 33.0 Å². The van der Waals surface area contributed by atoms with Crippen molar-refractivity contribution in [1.29, 1.82) is 0 Å². The standard InChI is InChI=1S/C24H25FN2O6/c1-15(24(30)26-12-19-6-3-9-31-19)27-20-10-16(7-8-22(20)33-14-23(27)29)21(28)13-32-18-5-2-4-17(25)11-18/h2,4-5,7-8,10-11,15,19H,3,6,9,12-14H2,1H3,(H,26,30). The van der Waals surface area contributed by atoms with Crippen LogP contribution >= 0.6 is 0 Å². The second-order valence-corrected chi connectivity index (χ2v) is 7.96. The molecular weight excluding hydrogens is 431 g/mol. The van der Waals surface area contributed by atoms with Gasteiger partial charge in [-0.15, -0.1) is 0 Å². The largest absolute Gasteiger partial charge is 0.485 e. The molecule has 4 rings (SSSR count). The summed E-state index contributed by atoms with van der Waals surface area (Å²) in [5.74, 6) is -0.906. The normalized spacial score (nSPS) is 18.3. The maximum atomic E-state index is 13.3. The number of hydrogen-bond acceptors (Lipinski definition) is 6. The quantitative estimate of drug-likeness (QED) is 0.614. The van der Waals surface area contributed by atoms with E-state index in [1.54, 1.807) is 25.1 Å². The van der Waals surface area contributed by atoms with Crippen LogP contribution in [-0.2, 0) is 14.3 Å². The van der Waals surface area contributed by atoms with Crippen LogP contribution in [0, 0.1) is 5.82 Å². The molecule has 1 saturated heterocycles. The number of halogens is 1. The number of ketones is 1. The van der Waals surface area contributed by atoms with Crippen LogP contribution in [0.3, 0.4) is 0 Å². The third-order valence-electron chi connectivity index (χ3n) is 5.62. The van der Waals surface area contributed by atoms with Crippen LogP contribution in [-0.4, -0.2) is 56.1 Å². The van der Waals surface area contributed by atoms with E-state index in [1.807, 2.05) is 0 Å².